The van der Waals surface area contributed by atoms with E-state index in [9.17, 15) is 14.4 Å². The number of ether oxygens (including phenoxy) is 1. The van der Waals surface area contributed by atoms with Crippen molar-refractivity contribution < 1.29 is 19.1 Å². The molecule has 0 saturated carbocycles. The molecule has 7 nitrogen and oxygen atoms in total. The van der Waals surface area contributed by atoms with Gasteiger partial charge in [0.25, 0.3) is 17.7 Å². The maximum absolute atomic E-state index is 12.4. The molecule has 30 heavy (non-hydrogen) atoms. The summed E-state index contributed by atoms with van der Waals surface area (Å²) in [6.07, 6.45) is 0. The average Bonchev–Trinajstić information content (AvgIpc) is 2.78. The van der Waals surface area contributed by atoms with E-state index in [1.165, 1.54) is 13.2 Å². The number of hydrogen-bond acceptors (Lipinski definition) is 4. The molecule has 3 rings (SSSR count). The van der Waals surface area contributed by atoms with Crippen LogP contribution in [0.15, 0.2) is 72.8 Å². The van der Waals surface area contributed by atoms with Crippen LogP contribution < -0.4 is 20.9 Å². The Morgan fingerprint density at radius 1 is 0.700 bits per heavy atom. The molecule has 0 aromatic heterocycles. The van der Waals surface area contributed by atoms with Gasteiger partial charge in [-0.3, -0.25) is 25.2 Å². The molecule has 3 N–H and O–H groups in total. The highest BCUT2D eigenvalue weighted by Crippen LogP contribution is 2.16. The fourth-order valence-electron chi connectivity index (χ4n) is 2.67. The Bertz CT molecular complexity index is 1080. The van der Waals surface area contributed by atoms with Crippen LogP contribution in [0.2, 0.25) is 0 Å². The molecule has 0 saturated heterocycles. The highest BCUT2D eigenvalue weighted by atomic mass is 16.5. The maximum atomic E-state index is 12.4. The Kier molecular flexibility index (Phi) is 6.44. The second-order valence-electron chi connectivity index (χ2n) is 6.54. The lowest BCUT2D eigenvalue weighted by Crippen LogP contribution is -2.41. The first-order chi connectivity index (χ1) is 14.5. The van der Waals surface area contributed by atoms with Crippen molar-refractivity contribution in [3.8, 4) is 5.75 Å². The third-order valence-corrected chi connectivity index (χ3v) is 4.32. The summed E-state index contributed by atoms with van der Waals surface area (Å²) in [4.78, 5) is 36.9. The molecule has 0 unspecified atom stereocenters. The van der Waals surface area contributed by atoms with Crippen molar-refractivity contribution in [3.05, 3.63) is 95.1 Å². The monoisotopic (exact) mass is 403 g/mol. The van der Waals surface area contributed by atoms with Gasteiger partial charge in [0.05, 0.1) is 7.11 Å². The number of anilines is 1. The SMILES string of the molecule is COc1cccc(C(=O)Nc2cccc(C(=O)NNC(=O)c3ccc(C)cc3)c2)c1. The lowest BCUT2D eigenvalue weighted by atomic mass is 10.1. The number of amides is 3. The molecule has 0 aliphatic carbocycles. The quantitative estimate of drug-likeness (QED) is 0.570. The van der Waals surface area contributed by atoms with Crippen LogP contribution in [0.3, 0.4) is 0 Å². The third-order valence-electron chi connectivity index (χ3n) is 4.32. The summed E-state index contributed by atoms with van der Waals surface area (Å²) < 4.78 is 5.12. The van der Waals surface area contributed by atoms with Crippen molar-refractivity contribution >= 4 is 23.4 Å². The fourth-order valence-corrected chi connectivity index (χ4v) is 2.67. The first kappa shape index (κ1) is 20.6. The number of carbonyl (C=O) groups excluding carboxylic acids is 3. The van der Waals surface area contributed by atoms with Gasteiger partial charge in [-0.25, -0.2) is 0 Å². The third kappa shape index (κ3) is 5.23. The summed E-state index contributed by atoms with van der Waals surface area (Å²) in [5, 5.41) is 2.74. The normalized spacial score (nSPS) is 10.1. The summed E-state index contributed by atoms with van der Waals surface area (Å²) in [6, 6.07) is 20.1. The number of nitrogens with one attached hydrogen (secondary N) is 3. The number of aryl methyl sites for hydroxylation is 1. The van der Waals surface area contributed by atoms with E-state index in [-0.39, 0.29) is 11.5 Å². The molecule has 0 radical (unpaired) electrons. The van der Waals surface area contributed by atoms with Gasteiger partial charge >= 0.3 is 0 Å². The summed E-state index contributed by atoms with van der Waals surface area (Å²) in [6.45, 7) is 1.92. The number of hydrogen-bond donors (Lipinski definition) is 3. The first-order valence-electron chi connectivity index (χ1n) is 9.19. The lowest BCUT2D eigenvalue weighted by molar-refractivity contribution is 0.0846. The number of carbonyl (C=O) groups is 3. The van der Waals surface area contributed by atoms with E-state index in [4.69, 9.17) is 4.74 Å². The molecule has 0 fully saturated rings. The zero-order chi connectivity index (χ0) is 21.5. The lowest BCUT2D eigenvalue weighted by Gasteiger charge is -2.10. The van der Waals surface area contributed by atoms with Gasteiger partial charge in [0.15, 0.2) is 0 Å². The molecule has 152 valence electrons. The van der Waals surface area contributed by atoms with E-state index in [0.717, 1.165) is 5.56 Å². The second-order valence-corrected chi connectivity index (χ2v) is 6.54. The standard InChI is InChI=1S/C23H21N3O4/c1-15-9-11-16(12-10-15)22(28)25-26-23(29)17-5-3-7-19(13-17)24-21(27)18-6-4-8-20(14-18)30-2/h3-14H,1-2H3,(H,24,27)(H,25,28)(H,26,29). The van der Waals surface area contributed by atoms with Crippen LogP contribution in [0, 0.1) is 6.92 Å². The van der Waals surface area contributed by atoms with Crippen molar-refractivity contribution in [2.75, 3.05) is 12.4 Å². The van der Waals surface area contributed by atoms with Crippen LogP contribution in [-0.2, 0) is 0 Å². The van der Waals surface area contributed by atoms with E-state index in [1.807, 2.05) is 19.1 Å². The van der Waals surface area contributed by atoms with Crippen LogP contribution >= 0.6 is 0 Å². The smallest absolute Gasteiger partial charge is 0.269 e. The predicted octanol–water partition coefficient (Wildman–Crippen LogP) is 3.33. The predicted molar refractivity (Wildman–Crippen MR) is 114 cm³/mol. The molecule has 0 bridgehead atoms. The molecule has 0 heterocycles. The van der Waals surface area contributed by atoms with Crippen LogP contribution in [0.5, 0.6) is 5.75 Å². The van der Waals surface area contributed by atoms with E-state index >= 15 is 0 Å². The highest BCUT2D eigenvalue weighted by Gasteiger charge is 2.11. The van der Waals surface area contributed by atoms with E-state index in [2.05, 4.69) is 16.2 Å². The van der Waals surface area contributed by atoms with Crippen molar-refractivity contribution in [2.45, 2.75) is 6.92 Å². The first-order valence-corrected chi connectivity index (χ1v) is 9.19. The van der Waals surface area contributed by atoms with Gasteiger partial charge in [0.1, 0.15) is 5.75 Å². The Morgan fingerprint density at radius 2 is 1.30 bits per heavy atom. The zero-order valence-electron chi connectivity index (χ0n) is 16.6. The van der Waals surface area contributed by atoms with Gasteiger partial charge in [-0.1, -0.05) is 29.8 Å². The van der Waals surface area contributed by atoms with Crippen molar-refractivity contribution in [3.63, 3.8) is 0 Å². The number of benzene rings is 3. The summed E-state index contributed by atoms with van der Waals surface area (Å²) in [5.74, 6) is -0.696. The summed E-state index contributed by atoms with van der Waals surface area (Å²) in [7, 11) is 1.52. The topological polar surface area (TPSA) is 96.5 Å². The van der Waals surface area contributed by atoms with Crippen LogP contribution in [0.25, 0.3) is 0 Å². The van der Waals surface area contributed by atoms with Crippen LogP contribution in [0.1, 0.15) is 36.6 Å². The zero-order valence-corrected chi connectivity index (χ0v) is 16.6. The molecular weight excluding hydrogens is 382 g/mol. The molecule has 3 amide bonds. The van der Waals surface area contributed by atoms with Gasteiger partial charge in [-0.05, 0) is 55.5 Å². The van der Waals surface area contributed by atoms with Crippen LogP contribution in [0.4, 0.5) is 5.69 Å². The Hall–Kier alpha value is -4.13. The van der Waals surface area contributed by atoms with Gasteiger partial charge in [0.2, 0.25) is 0 Å². The minimum atomic E-state index is -0.507. The average molecular weight is 403 g/mol. The Balaban J connectivity index is 1.62. The maximum Gasteiger partial charge on any atom is 0.269 e. The van der Waals surface area contributed by atoms with Crippen molar-refractivity contribution in [1.82, 2.24) is 10.9 Å². The minimum Gasteiger partial charge on any atom is -0.497 e. The molecule has 3 aromatic rings. The highest BCUT2D eigenvalue weighted by molar-refractivity contribution is 6.05. The minimum absolute atomic E-state index is 0.280. The largest absolute Gasteiger partial charge is 0.497 e. The molecule has 0 spiro atoms. The number of hydrazine groups is 1. The van der Waals surface area contributed by atoms with E-state index in [1.54, 1.807) is 54.6 Å². The summed E-state index contributed by atoms with van der Waals surface area (Å²) in [5.41, 5.74) is 7.36. The van der Waals surface area contributed by atoms with Crippen LogP contribution in [-0.4, -0.2) is 24.8 Å². The van der Waals surface area contributed by atoms with E-state index in [0.29, 0.717) is 22.6 Å². The molecule has 0 aliphatic rings. The van der Waals surface area contributed by atoms with Gasteiger partial charge < -0.3 is 10.1 Å². The molecule has 0 aliphatic heterocycles. The molecular formula is C23H21N3O4. The fraction of sp³-hybridized carbons (Fsp3) is 0.0870. The Morgan fingerprint density at radius 3 is 1.97 bits per heavy atom. The molecule has 7 heteroatoms. The van der Waals surface area contributed by atoms with Gasteiger partial charge in [0, 0.05) is 22.4 Å². The second kappa shape index (κ2) is 9.38. The van der Waals surface area contributed by atoms with E-state index < -0.39 is 11.8 Å². The number of methoxy groups -OCH3 is 1. The van der Waals surface area contributed by atoms with Gasteiger partial charge in [-0.15, -0.1) is 0 Å². The van der Waals surface area contributed by atoms with Crippen molar-refractivity contribution in [1.29, 1.82) is 0 Å². The summed E-state index contributed by atoms with van der Waals surface area (Å²) >= 11 is 0. The molecule has 3 aromatic carbocycles. The number of rotatable bonds is 5. The van der Waals surface area contributed by atoms with Gasteiger partial charge in [-0.2, -0.15) is 0 Å². The molecule has 0 atom stereocenters. The Labute approximate surface area is 174 Å². The van der Waals surface area contributed by atoms with Crippen molar-refractivity contribution in [2.24, 2.45) is 0 Å².